The molecule has 3 aliphatic heterocycles. The maximum Gasteiger partial charge on any atom is 0.319 e. The van der Waals surface area contributed by atoms with Crippen LogP contribution in [0.15, 0.2) is 0 Å². The first-order chi connectivity index (χ1) is 10.7. The fourth-order valence-corrected chi connectivity index (χ4v) is 1.82. The van der Waals surface area contributed by atoms with Gasteiger partial charge in [-0.1, -0.05) is 0 Å². The Morgan fingerprint density at radius 1 is 0.875 bits per heavy atom. The highest BCUT2D eigenvalue weighted by molar-refractivity contribution is 5.76. The van der Waals surface area contributed by atoms with E-state index in [9.17, 15) is 14.4 Å². The molecular formula is C12H26N6O6. The van der Waals surface area contributed by atoms with Crippen LogP contribution in [0.5, 0.6) is 0 Å². The highest BCUT2D eigenvalue weighted by Gasteiger charge is 2.26. The number of likely N-dealkylation sites (N-methyl/N-ethyl adjacent to an activating group) is 3. The predicted octanol–water partition coefficient (Wildman–Crippen LogP) is -3.26. The van der Waals surface area contributed by atoms with Gasteiger partial charge in [0.25, 0.3) is 0 Å². The second-order valence-electron chi connectivity index (χ2n) is 5.29. The first-order valence-electron chi connectivity index (χ1n) is 7.10. The van der Waals surface area contributed by atoms with Gasteiger partial charge in [-0.15, -0.1) is 0 Å². The Hall–Kier alpha value is -2.31. The minimum absolute atomic E-state index is 0. The maximum absolute atomic E-state index is 10.8. The first kappa shape index (κ1) is 21.7. The van der Waals surface area contributed by atoms with Gasteiger partial charge < -0.3 is 46.3 Å². The van der Waals surface area contributed by atoms with Crippen LogP contribution in [0.3, 0.4) is 0 Å². The number of hydrogen-bond donors (Lipinski definition) is 5. The lowest BCUT2D eigenvalue weighted by atomic mass is 10.5. The molecule has 0 aliphatic carbocycles. The molecule has 0 aromatic carbocycles. The van der Waals surface area contributed by atoms with Crippen molar-refractivity contribution in [2.45, 2.75) is 12.5 Å². The number of nitrogens with one attached hydrogen (secondary N) is 3. The van der Waals surface area contributed by atoms with Crippen LogP contribution in [-0.4, -0.2) is 108 Å². The molecule has 7 N–H and O–H groups in total. The smallest absolute Gasteiger partial charge is 0.319 e. The van der Waals surface area contributed by atoms with Crippen LogP contribution in [0.4, 0.5) is 14.4 Å². The van der Waals surface area contributed by atoms with Crippen molar-refractivity contribution in [1.29, 1.82) is 0 Å². The van der Waals surface area contributed by atoms with Gasteiger partial charge in [0, 0.05) is 47.3 Å². The molecule has 0 bridgehead atoms. The van der Waals surface area contributed by atoms with Gasteiger partial charge in [-0.2, -0.15) is 0 Å². The molecule has 3 aliphatic rings. The topological polar surface area (TPSA) is 169 Å². The average Bonchev–Trinajstić information content (AvgIpc) is 3.10. The minimum Gasteiger partial charge on any atom is -0.412 e. The molecule has 0 aromatic heterocycles. The van der Waals surface area contributed by atoms with Crippen LogP contribution in [0.1, 0.15) is 0 Å². The fraction of sp³-hybridized carbons (Fsp3) is 0.750. The molecule has 24 heavy (non-hydrogen) atoms. The lowest BCUT2D eigenvalue weighted by Gasteiger charge is -2.07. The van der Waals surface area contributed by atoms with Crippen molar-refractivity contribution in [1.82, 2.24) is 30.7 Å². The largest absolute Gasteiger partial charge is 0.412 e. The molecule has 0 aromatic rings. The van der Waals surface area contributed by atoms with E-state index >= 15 is 0 Å². The maximum atomic E-state index is 10.8. The minimum atomic E-state index is -1.16. The summed E-state index contributed by atoms with van der Waals surface area (Å²) in [5.74, 6) is 0. The second kappa shape index (κ2) is 9.75. The van der Waals surface area contributed by atoms with Crippen molar-refractivity contribution in [2.24, 2.45) is 0 Å². The molecule has 6 amide bonds. The predicted molar refractivity (Wildman–Crippen MR) is 84.0 cm³/mol. The number of amides is 6. The van der Waals surface area contributed by atoms with Gasteiger partial charge >= 0.3 is 18.1 Å². The molecule has 3 saturated heterocycles. The molecule has 2 atom stereocenters. The third-order valence-electron chi connectivity index (χ3n) is 3.35. The van der Waals surface area contributed by atoms with Crippen molar-refractivity contribution in [3.8, 4) is 0 Å². The van der Waals surface area contributed by atoms with Crippen LogP contribution >= 0.6 is 0 Å². The number of aliphatic hydroxyl groups excluding tert-OH is 2. The van der Waals surface area contributed by atoms with Gasteiger partial charge in [0.15, 0.2) is 12.5 Å². The number of rotatable bonds is 0. The summed E-state index contributed by atoms with van der Waals surface area (Å²) in [7, 11) is 5.40. The number of nitrogens with zero attached hydrogens (tertiary/aromatic N) is 3. The Balaban J connectivity index is 0.000000325. The molecule has 3 heterocycles. The van der Waals surface area contributed by atoms with E-state index < -0.39 is 18.5 Å². The van der Waals surface area contributed by atoms with E-state index in [4.69, 9.17) is 10.2 Å². The van der Waals surface area contributed by atoms with Gasteiger partial charge in [-0.05, 0) is 0 Å². The first-order valence-corrected chi connectivity index (χ1v) is 7.10. The van der Waals surface area contributed by atoms with E-state index in [-0.39, 0.29) is 17.5 Å². The molecule has 2 unspecified atom stereocenters. The molecule has 0 spiro atoms. The van der Waals surface area contributed by atoms with E-state index in [1.54, 1.807) is 21.7 Å². The molecular weight excluding hydrogens is 324 g/mol. The van der Waals surface area contributed by atoms with E-state index in [1.807, 2.05) is 24.7 Å². The SMILES string of the molecule is CN1CCN(C)C1=O.CN1CCNC1=O.O.O=C1NC(O)C(O)N1. The Morgan fingerprint density at radius 3 is 1.46 bits per heavy atom. The highest BCUT2D eigenvalue weighted by atomic mass is 16.4. The molecule has 0 saturated carbocycles. The summed E-state index contributed by atoms with van der Waals surface area (Å²) < 4.78 is 0. The number of urea groups is 3. The standard InChI is InChI=1S/C5H10N2O.C4H8N2O.C3H6N2O3.H2O/c1-6-3-4-7(2)5(6)8;1-6-3-2-5-4(6)7;6-1-2(7)5-3(8)4-1;/h3-4H2,1-2H3;2-3H2,1H3,(H,5,7);1-2,6-7H,(H2,4,5,8);1H2. The summed E-state index contributed by atoms with van der Waals surface area (Å²) in [6.07, 6.45) is -2.33. The number of carbonyl (C=O) groups is 3. The van der Waals surface area contributed by atoms with Crippen LogP contribution in [0, 0.1) is 0 Å². The van der Waals surface area contributed by atoms with Crippen molar-refractivity contribution in [2.75, 3.05) is 47.3 Å². The third-order valence-corrected chi connectivity index (χ3v) is 3.35. The zero-order chi connectivity index (χ0) is 17.6. The Bertz CT molecular complexity index is 426. The quantitative estimate of drug-likeness (QED) is 0.308. The van der Waals surface area contributed by atoms with Gasteiger partial charge in [0.2, 0.25) is 0 Å². The molecule has 3 rings (SSSR count). The summed E-state index contributed by atoms with van der Waals surface area (Å²) in [5.41, 5.74) is 0. The van der Waals surface area contributed by atoms with Crippen LogP contribution in [-0.2, 0) is 0 Å². The monoisotopic (exact) mass is 350 g/mol. The summed E-state index contributed by atoms with van der Waals surface area (Å²) in [6.45, 7) is 3.39. The van der Waals surface area contributed by atoms with Gasteiger partial charge in [-0.25, -0.2) is 14.4 Å². The summed E-state index contributed by atoms with van der Waals surface area (Å²) in [5, 5.41) is 23.7. The zero-order valence-electron chi connectivity index (χ0n) is 13.9. The molecule has 12 nitrogen and oxygen atoms in total. The molecule has 3 fully saturated rings. The number of carbonyl (C=O) groups excluding carboxylic acids is 3. The Morgan fingerprint density at radius 2 is 1.33 bits per heavy atom. The van der Waals surface area contributed by atoms with E-state index in [2.05, 4.69) is 5.32 Å². The van der Waals surface area contributed by atoms with Crippen LogP contribution < -0.4 is 16.0 Å². The number of hydrogen-bond acceptors (Lipinski definition) is 5. The van der Waals surface area contributed by atoms with Gasteiger partial charge in [0.05, 0.1) is 0 Å². The lowest BCUT2D eigenvalue weighted by Crippen LogP contribution is -2.32. The molecule has 0 radical (unpaired) electrons. The van der Waals surface area contributed by atoms with Gasteiger partial charge in [-0.3, -0.25) is 0 Å². The highest BCUT2D eigenvalue weighted by Crippen LogP contribution is 2.00. The van der Waals surface area contributed by atoms with Crippen LogP contribution in [0.2, 0.25) is 0 Å². The van der Waals surface area contributed by atoms with Gasteiger partial charge in [0.1, 0.15) is 0 Å². The summed E-state index contributed by atoms with van der Waals surface area (Å²) in [6, 6.07) is -0.380. The van der Waals surface area contributed by atoms with E-state index in [1.165, 1.54) is 0 Å². The Labute approximate surface area is 139 Å². The van der Waals surface area contributed by atoms with E-state index in [0.717, 1.165) is 26.2 Å². The van der Waals surface area contributed by atoms with Crippen LogP contribution in [0.25, 0.3) is 0 Å². The lowest BCUT2D eigenvalue weighted by molar-refractivity contribution is 0.0215. The van der Waals surface area contributed by atoms with Crippen molar-refractivity contribution in [3.05, 3.63) is 0 Å². The summed E-state index contributed by atoms with van der Waals surface area (Å²) in [4.78, 5) is 36.3. The average molecular weight is 350 g/mol. The Kier molecular flexibility index (Phi) is 8.81. The van der Waals surface area contributed by atoms with E-state index in [0.29, 0.717) is 0 Å². The summed E-state index contributed by atoms with van der Waals surface area (Å²) >= 11 is 0. The molecule has 140 valence electrons. The third kappa shape index (κ3) is 6.44. The molecule has 12 heteroatoms. The zero-order valence-corrected chi connectivity index (χ0v) is 13.9. The normalized spacial score (nSPS) is 24.9. The second-order valence-corrected chi connectivity index (χ2v) is 5.29. The van der Waals surface area contributed by atoms with Crippen molar-refractivity contribution in [3.63, 3.8) is 0 Å². The van der Waals surface area contributed by atoms with Crippen molar-refractivity contribution >= 4 is 18.1 Å². The van der Waals surface area contributed by atoms with Crippen molar-refractivity contribution < 1.29 is 30.1 Å². The number of aliphatic hydroxyl groups is 2. The fourth-order valence-electron chi connectivity index (χ4n) is 1.82.